The van der Waals surface area contributed by atoms with Crippen LogP contribution in [0, 0.1) is 5.92 Å². The van der Waals surface area contributed by atoms with Crippen LogP contribution in [0.25, 0.3) is 0 Å². The molecule has 0 spiro atoms. The zero-order chi connectivity index (χ0) is 4.15. The molecule has 2 bridgehead atoms. The molecule has 6 heavy (non-hydrogen) atoms. The molecular formula is C5H9N. The van der Waals surface area contributed by atoms with E-state index in [9.17, 15) is 0 Å². The van der Waals surface area contributed by atoms with E-state index in [4.69, 9.17) is 0 Å². The summed E-state index contributed by atoms with van der Waals surface area (Å²) in [4.78, 5) is 2.49. The summed E-state index contributed by atoms with van der Waals surface area (Å²) >= 11 is 0. The first kappa shape index (κ1) is 3.03. The molecule has 3 rings (SSSR count). The van der Waals surface area contributed by atoms with Gasteiger partial charge in [0.2, 0.25) is 0 Å². The molecule has 1 unspecified atom stereocenters. The van der Waals surface area contributed by atoms with Crippen molar-refractivity contribution in [1.82, 2.24) is 4.90 Å². The van der Waals surface area contributed by atoms with Crippen molar-refractivity contribution in [2.24, 2.45) is 5.92 Å². The van der Waals surface area contributed by atoms with E-state index >= 15 is 0 Å². The fourth-order valence-corrected chi connectivity index (χ4v) is 1.21. The molecule has 0 aliphatic carbocycles. The number of nitrogens with zero attached hydrogens (tertiary/aromatic N) is 1. The van der Waals surface area contributed by atoms with E-state index < -0.39 is 0 Å². The van der Waals surface area contributed by atoms with Gasteiger partial charge in [-0.05, 0) is 12.8 Å². The highest BCUT2D eigenvalue weighted by molar-refractivity contribution is 5.01. The van der Waals surface area contributed by atoms with Gasteiger partial charge in [-0.3, -0.25) is 4.90 Å². The van der Waals surface area contributed by atoms with Crippen molar-refractivity contribution in [3.8, 4) is 0 Å². The first-order valence-corrected chi connectivity index (χ1v) is 2.62. The predicted octanol–water partition coefficient (Wildman–Crippen LogP) is 0.320. The molecule has 3 aliphatic rings. The maximum absolute atomic E-state index is 2.49. The van der Waals surface area contributed by atoms with Crippen LogP contribution in [-0.2, 0) is 0 Å². The van der Waals surface area contributed by atoms with Gasteiger partial charge in [0.15, 0.2) is 0 Å². The van der Waals surface area contributed by atoms with Gasteiger partial charge in [0.05, 0.1) is 0 Å². The first-order valence-electron chi connectivity index (χ1n) is 2.62. The van der Waals surface area contributed by atoms with Crippen LogP contribution in [0.1, 0.15) is 6.92 Å². The third kappa shape index (κ3) is 0.136. The second-order valence-electron chi connectivity index (χ2n) is 2.45. The summed E-state index contributed by atoms with van der Waals surface area (Å²) in [5.41, 5.74) is 0. The highest BCUT2D eigenvalue weighted by Gasteiger charge is 2.46. The molecule has 1 nitrogen and oxygen atoms in total. The smallest absolute Gasteiger partial charge is 0.0120 e. The highest BCUT2D eigenvalue weighted by atomic mass is 15.3. The van der Waals surface area contributed by atoms with E-state index in [-0.39, 0.29) is 0 Å². The van der Waals surface area contributed by atoms with Gasteiger partial charge in [-0.1, -0.05) is 0 Å². The minimum Gasteiger partial charge on any atom is -0.300 e. The van der Waals surface area contributed by atoms with Crippen LogP contribution in [0.15, 0.2) is 0 Å². The standard InChI is InChI=1S/C5H9N/c1-4-5-2-6(4)3-5/h4-5H,2-3H2,1H3. The summed E-state index contributed by atoms with van der Waals surface area (Å²) in [5.74, 6) is 1.10. The van der Waals surface area contributed by atoms with Gasteiger partial charge in [0, 0.05) is 19.1 Å². The molecule has 34 valence electrons. The van der Waals surface area contributed by atoms with Crippen molar-refractivity contribution < 1.29 is 0 Å². The molecular weight excluding hydrogens is 74.1 g/mol. The lowest BCUT2D eigenvalue weighted by atomic mass is 9.78. The van der Waals surface area contributed by atoms with Gasteiger partial charge in [0.25, 0.3) is 0 Å². The predicted molar refractivity (Wildman–Crippen MR) is 24.5 cm³/mol. The van der Waals surface area contributed by atoms with Crippen molar-refractivity contribution in [2.75, 3.05) is 13.1 Å². The summed E-state index contributed by atoms with van der Waals surface area (Å²) in [6, 6.07) is 0.963. The fourth-order valence-electron chi connectivity index (χ4n) is 1.21. The normalized spacial score (nSPS) is 62.5. The Labute approximate surface area is 37.9 Å². The molecule has 3 aliphatic heterocycles. The highest BCUT2D eigenvalue weighted by Crippen LogP contribution is 2.36. The summed E-state index contributed by atoms with van der Waals surface area (Å²) in [6.45, 7) is 5.11. The maximum Gasteiger partial charge on any atom is 0.0120 e. The Morgan fingerprint density at radius 2 is 1.83 bits per heavy atom. The van der Waals surface area contributed by atoms with Crippen molar-refractivity contribution in [2.45, 2.75) is 13.0 Å². The van der Waals surface area contributed by atoms with Gasteiger partial charge in [-0.2, -0.15) is 0 Å². The zero-order valence-corrected chi connectivity index (χ0v) is 4.02. The van der Waals surface area contributed by atoms with E-state index in [0.29, 0.717) is 0 Å². The Morgan fingerprint density at radius 1 is 1.50 bits per heavy atom. The molecule has 3 saturated heterocycles. The minimum atomic E-state index is 0.963. The SMILES string of the molecule is CC1C2CN1C2. The van der Waals surface area contributed by atoms with Gasteiger partial charge in [-0.15, -0.1) is 0 Å². The van der Waals surface area contributed by atoms with Crippen molar-refractivity contribution >= 4 is 0 Å². The molecule has 3 fully saturated rings. The molecule has 3 heterocycles. The summed E-state index contributed by atoms with van der Waals surface area (Å²) in [7, 11) is 0. The lowest BCUT2D eigenvalue weighted by Crippen LogP contribution is -2.70. The number of hydrogen-bond acceptors (Lipinski definition) is 1. The van der Waals surface area contributed by atoms with Gasteiger partial charge < -0.3 is 0 Å². The molecule has 1 heteroatoms. The van der Waals surface area contributed by atoms with Crippen LogP contribution < -0.4 is 0 Å². The van der Waals surface area contributed by atoms with Crippen LogP contribution >= 0.6 is 0 Å². The second-order valence-corrected chi connectivity index (χ2v) is 2.45. The van der Waals surface area contributed by atoms with Gasteiger partial charge in [-0.25, -0.2) is 0 Å². The monoisotopic (exact) mass is 83.1 g/mol. The van der Waals surface area contributed by atoms with Crippen LogP contribution in [0.4, 0.5) is 0 Å². The quantitative estimate of drug-likeness (QED) is 0.407. The summed E-state index contributed by atoms with van der Waals surface area (Å²) < 4.78 is 0. The second kappa shape index (κ2) is 0.648. The third-order valence-corrected chi connectivity index (χ3v) is 2.20. The van der Waals surface area contributed by atoms with Crippen LogP contribution in [0.3, 0.4) is 0 Å². The number of rotatable bonds is 0. The largest absolute Gasteiger partial charge is 0.300 e. The average Bonchev–Trinajstić information content (AvgIpc) is 1.28. The first-order chi connectivity index (χ1) is 2.88. The molecule has 0 N–H and O–H groups in total. The van der Waals surface area contributed by atoms with Crippen LogP contribution in [0.5, 0.6) is 0 Å². The molecule has 0 amide bonds. The Balaban J connectivity index is 2.11. The number of hydrogen-bond donors (Lipinski definition) is 0. The van der Waals surface area contributed by atoms with E-state index in [1.54, 1.807) is 0 Å². The molecule has 1 atom stereocenters. The molecule has 0 aromatic carbocycles. The lowest BCUT2D eigenvalue weighted by Gasteiger charge is -2.60. The maximum atomic E-state index is 2.49. The van der Waals surface area contributed by atoms with Crippen LogP contribution in [0.2, 0.25) is 0 Å². The van der Waals surface area contributed by atoms with E-state index in [1.165, 1.54) is 13.1 Å². The van der Waals surface area contributed by atoms with Crippen molar-refractivity contribution in [1.29, 1.82) is 0 Å². The Hall–Kier alpha value is -0.0400. The van der Waals surface area contributed by atoms with E-state index in [1.807, 2.05) is 0 Å². The van der Waals surface area contributed by atoms with Crippen molar-refractivity contribution in [3.05, 3.63) is 0 Å². The summed E-state index contributed by atoms with van der Waals surface area (Å²) in [5, 5.41) is 0. The lowest BCUT2D eigenvalue weighted by molar-refractivity contribution is -0.111. The average molecular weight is 83.1 g/mol. The fraction of sp³-hybridized carbons (Fsp3) is 1.00. The minimum absolute atomic E-state index is 0.963. The Kier molecular flexibility index (Phi) is 0.327. The van der Waals surface area contributed by atoms with Gasteiger partial charge in [0.1, 0.15) is 0 Å². The van der Waals surface area contributed by atoms with Gasteiger partial charge >= 0.3 is 0 Å². The van der Waals surface area contributed by atoms with E-state index in [2.05, 4.69) is 11.8 Å². The third-order valence-electron chi connectivity index (χ3n) is 2.20. The molecule has 0 radical (unpaired) electrons. The molecule has 0 aromatic rings. The Bertz CT molecular complexity index is 66.0. The Morgan fingerprint density at radius 3 is 1.83 bits per heavy atom. The topological polar surface area (TPSA) is 3.24 Å². The van der Waals surface area contributed by atoms with E-state index in [0.717, 1.165) is 12.0 Å². The zero-order valence-electron chi connectivity index (χ0n) is 4.02. The van der Waals surface area contributed by atoms with Crippen LogP contribution in [-0.4, -0.2) is 24.0 Å². The molecule has 0 saturated carbocycles. The van der Waals surface area contributed by atoms with Crippen molar-refractivity contribution in [3.63, 3.8) is 0 Å². The molecule has 0 aromatic heterocycles. The summed E-state index contributed by atoms with van der Waals surface area (Å²) in [6.07, 6.45) is 0.